The lowest BCUT2D eigenvalue weighted by atomic mass is 9.96. The Labute approximate surface area is 116 Å². The van der Waals surface area contributed by atoms with Crippen molar-refractivity contribution in [1.29, 1.82) is 0 Å². The smallest absolute Gasteiger partial charge is 0.356 e. The van der Waals surface area contributed by atoms with Crippen molar-refractivity contribution in [2.75, 3.05) is 18.8 Å². The van der Waals surface area contributed by atoms with E-state index in [0.717, 1.165) is 38.2 Å². The number of nitrogens with two attached hydrogens (primary N) is 1. The van der Waals surface area contributed by atoms with E-state index in [4.69, 9.17) is 5.73 Å². The lowest BCUT2D eigenvalue weighted by molar-refractivity contribution is 0.0693. The third kappa shape index (κ3) is 2.34. The summed E-state index contributed by atoms with van der Waals surface area (Å²) in [4.78, 5) is 15.6. The molecule has 2 aromatic heterocycles. The number of aromatic carboxylic acids is 1. The molecule has 1 aliphatic heterocycles. The van der Waals surface area contributed by atoms with E-state index in [1.807, 2.05) is 4.40 Å². The molecule has 0 spiro atoms. The number of nitrogens with zero attached hydrogens (tertiary/aromatic N) is 2. The van der Waals surface area contributed by atoms with Crippen molar-refractivity contribution in [3.05, 3.63) is 29.8 Å². The molecule has 0 radical (unpaired) electrons. The van der Waals surface area contributed by atoms with Crippen LogP contribution in [0, 0.1) is 5.92 Å². The number of hydrogen-bond donors (Lipinski definition) is 3. The van der Waals surface area contributed by atoms with Gasteiger partial charge in [-0.25, -0.2) is 9.78 Å². The van der Waals surface area contributed by atoms with Crippen molar-refractivity contribution in [3.63, 3.8) is 0 Å². The van der Waals surface area contributed by atoms with Crippen LogP contribution in [0.1, 0.15) is 29.2 Å². The molecule has 0 aliphatic carbocycles. The minimum absolute atomic E-state index is 0.101. The van der Waals surface area contributed by atoms with Gasteiger partial charge in [0.2, 0.25) is 0 Å². The van der Waals surface area contributed by atoms with Gasteiger partial charge in [-0.1, -0.05) is 0 Å². The lowest BCUT2D eigenvalue weighted by Gasteiger charge is -2.22. The fourth-order valence-electron chi connectivity index (χ4n) is 2.82. The summed E-state index contributed by atoms with van der Waals surface area (Å²) in [5.41, 5.74) is 7.11. The van der Waals surface area contributed by atoms with Gasteiger partial charge < -0.3 is 20.6 Å². The highest BCUT2D eigenvalue weighted by molar-refractivity contribution is 5.93. The number of pyridine rings is 1. The fraction of sp³-hybridized carbons (Fsp3) is 0.429. The first-order valence-corrected chi connectivity index (χ1v) is 6.85. The van der Waals surface area contributed by atoms with Crippen LogP contribution in [0.2, 0.25) is 0 Å². The molecule has 4 N–H and O–H groups in total. The molecule has 0 amide bonds. The summed E-state index contributed by atoms with van der Waals surface area (Å²) in [5.74, 6) is 0.274. The van der Waals surface area contributed by atoms with Crippen LogP contribution in [-0.2, 0) is 6.42 Å². The van der Waals surface area contributed by atoms with E-state index < -0.39 is 5.97 Å². The molecule has 106 valence electrons. The average molecular weight is 274 g/mol. The van der Waals surface area contributed by atoms with Gasteiger partial charge in [0.1, 0.15) is 5.82 Å². The number of carboxylic acids is 1. The highest BCUT2D eigenvalue weighted by Crippen LogP contribution is 2.21. The van der Waals surface area contributed by atoms with E-state index in [9.17, 15) is 9.90 Å². The number of piperidine rings is 1. The molecule has 1 fully saturated rings. The second-order valence-corrected chi connectivity index (χ2v) is 5.32. The van der Waals surface area contributed by atoms with E-state index in [0.29, 0.717) is 17.1 Å². The Morgan fingerprint density at radius 3 is 3.10 bits per heavy atom. The molecule has 20 heavy (non-hydrogen) atoms. The molecule has 6 nitrogen and oxygen atoms in total. The van der Waals surface area contributed by atoms with Crippen LogP contribution in [0.5, 0.6) is 0 Å². The van der Waals surface area contributed by atoms with Crippen LogP contribution >= 0.6 is 0 Å². The van der Waals surface area contributed by atoms with Crippen LogP contribution in [0.25, 0.3) is 5.52 Å². The molecule has 2 aromatic rings. The molecule has 1 atom stereocenters. The summed E-state index contributed by atoms with van der Waals surface area (Å²) in [6.07, 6.45) is 4.82. The number of anilines is 1. The maximum Gasteiger partial charge on any atom is 0.356 e. The molecule has 1 saturated heterocycles. The SMILES string of the molecule is Nc1ccc2c(C(=O)O)nc(CC3CCCNC3)n2c1. The van der Waals surface area contributed by atoms with E-state index in [2.05, 4.69) is 10.3 Å². The van der Waals surface area contributed by atoms with Crippen molar-refractivity contribution >= 4 is 17.2 Å². The van der Waals surface area contributed by atoms with E-state index in [1.54, 1.807) is 18.3 Å². The number of hydrogen-bond acceptors (Lipinski definition) is 4. The van der Waals surface area contributed by atoms with Crippen molar-refractivity contribution < 1.29 is 9.90 Å². The van der Waals surface area contributed by atoms with Crippen molar-refractivity contribution in [3.8, 4) is 0 Å². The number of carbonyl (C=O) groups is 1. The molecule has 6 heteroatoms. The van der Waals surface area contributed by atoms with E-state index in [-0.39, 0.29) is 5.69 Å². The maximum atomic E-state index is 11.3. The van der Waals surface area contributed by atoms with Gasteiger partial charge in [-0.15, -0.1) is 0 Å². The summed E-state index contributed by atoms with van der Waals surface area (Å²) in [6, 6.07) is 3.42. The Hall–Kier alpha value is -2.08. The number of nitrogens with one attached hydrogen (secondary N) is 1. The molecular formula is C14H18N4O2. The van der Waals surface area contributed by atoms with Crippen LogP contribution in [0.15, 0.2) is 18.3 Å². The van der Waals surface area contributed by atoms with E-state index >= 15 is 0 Å². The van der Waals surface area contributed by atoms with E-state index in [1.165, 1.54) is 0 Å². The van der Waals surface area contributed by atoms with Gasteiger partial charge in [0.15, 0.2) is 5.69 Å². The minimum atomic E-state index is -1.000. The molecule has 3 heterocycles. The zero-order chi connectivity index (χ0) is 14.1. The van der Waals surface area contributed by atoms with Gasteiger partial charge in [-0.3, -0.25) is 0 Å². The predicted molar refractivity (Wildman–Crippen MR) is 75.9 cm³/mol. The third-order valence-electron chi connectivity index (χ3n) is 3.81. The molecule has 1 aliphatic rings. The molecule has 0 aromatic carbocycles. The van der Waals surface area contributed by atoms with Crippen LogP contribution in [0.4, 0.5) is 5.69 Å². The Morgan fingerprint density at radius 1 is 1.55 bits per heavy atom. The summed E-state index contributed by atoms with van der Waals surface area (Å²) in [5, 5.41) is 12.6. The van der Waals surface area contributed by atoms with Crippen LogP contribution < -0.4 is 11.1 Å². The van der Waals surface area contributed by atoms with Gasteiger partial charge in [-0.05, 0) is 44.0 Å². The van der Waals surface area contributed by atoms with Crippen LogP contribution in [0.3, 0.4) is 0 Å². The van der Waals surface area contributed by atoms with Gasteiger partial charge in [0.25, 0.3) is 0 Å². The number of aromatic nitrogens is 2. The van der Waals surface area contributed by atoms with Crippen molar-refractivity contribution in [1.82, 2.24) is 14.7 Å². The monoisotopic (exact) mass is 274 g/mol. The average Bonchev–Trinajstić information content (AvgIpc) is 2.78. The van der Waals surface area contributed by atoms with Gasteiger partial charge in [0, 0.05) is 18.3 Å². The van der Waals surface area contributed by atoms with Crippen LogP contribution in [-0.4, -0.2) is 33.6 Å². The number of rotatable bonds is 3. The maximum absolute atomic E-state index is 11.3. The standard InChI is InChI=1S/C14H18N4O2/c15-10-3-4-11-13(14(19)20)17-12(18(11)8-10)6-9-2-1-5-16-7-9/h3-4,8-9,16H,1-2,5-7,15H2,(H,19,20). The number of nitrogen functional groups attached to an aromatic ring is 1. The zero-order valence-electron chi connectivity index (χ0n) is 11.2. The van der Waals surface area contributed by atoms with Gasteiger partial charge >= 0.3 is 5.97 Å². The second kappa shape index (κ2) is 5.13. The summed E-state index contributed by atoms with van der Waals surface area (Å²) >= 11 is 0. The summed E-state index contributed by atoms with van der Waals surface area (Å²) in [6.45, 7) is 2.02. The van der Waals surface area contributed by atoms with Crippen molar-refractivity contribution in [2.45, 2.75) is 19.3 Å². The topological polar surface area (TPSA) is 92.7 Å². The predicted octanol–water partition coefficient (Wildman–Crippen LogP) is 1.16. The first kappa shape index (κ1) is 12.9. The molecule has 0 bridgehead atoms. The Balaban J connectivity index is 2.00. The first-order chi connectivity index (χ1) is 9.65. The first-order valence-electron chi connectivity index (χ1n) is 6.85. The normalized spacial score (nSPS) is 19.3. The minimum Gasteiger partial charge on any atom is -0.476 e. The highest BCUT2D eigenvalue weighted by Gasteiger charge is 2.20. The quantitative estimate of drug-likeness (QED) is 0.781. The Morgan fingerprint density at radius 2 is 2.40 bits per heavy atom. The fourth-order valence-corrected chi connectivity index (χ4v) is 2.82. The lowest BCUT2D eigenvalue weighted by Crippen LogP contribution is -2.31. The molecule has 1 unspecified atom stereocenters. The summed E-state index contributed by atoms with van der Waals surface area (Å²) in [7, 11) is 0. The number of carboxylic acid groups (broad SMARTS) is 1. The molecule has 0 saturated carbocycles. The number of fused-ring (bicyclic) bond motifs is 1. The molecule has 3 rings (SSSR count). The zero-order valence-corrected chi connectivity index (χ0v) is 11.2. The highest BCUT2D eigenvalue weighted by atomic mass is 16.4. The second-order valence-electron chi connectivity index (χ2n) is 5.32. The Bertz CT molecular complexity index is 644. The van der Waals surface area contributed by atoms with Crippen molar-refractivity contribution in [2.24, 2.45) is 5.92 Å². The Kier molecular flexibility index (Phi) is 3.31. The molecular weight excluding hydrogens is 256 g/mol. The summed E-state index contributed by atoms with van der Waals surface area (Å²) < 4.78 is 1.81. The van der Waals surface area contributed by atoms with Gasteiger partial charge in [-0.2, -0.15) is 0 Å². The number of imidazole rings is 1. The van der Waals surface area contributed by atoms with Gasteiger partial charge in [0.05, 0.1) is 5.52 Å². The largest absolute Gasteiger partial charge is 0.476 e. The third-order valence-corrected chi connectivity index (χ3v) is 3.81.